The van der Waals surface area contributed by atoms with Crippen LogP contribution in [0.25, 0.3) is 10.2 Å². The van der Waals surface area contributed by atoms with Crippen molar-refractivity contribution < 1.29 is 9.53 Å². The number of benzene rings is 1. The number of nitrogens with zero attached hydrogens (tertiary/aromatic N) is 1. The molecule has 142 valence electrons. The highest BCUT2D eigenvalue weighted by atomic mass is 32.1. The van der Waals surface area contributed by atoms with Gasteiger partial charge in [0.25, 0.3) is 5.56 Å². The molecule has 0 radical (unpaired) electrons. The lowest BCUT2D eigenvalue weighted by atomic mass is 9.86. The lowest BCUT2D eigenvalue weighted by Gasteiger charge is -2.21. The Kier molecular flexibility index (Phi) is 5.75. The number of hydrogen-bond acceptors (Lipinski definition) is 5. The van der Waals surface area contributed by atoms with Gasteiger partial charge in [0.2, 0.25) is 0 Å². The molecule has 1 N–H and O–H groups in total. The van der Waals surface area contributed by atoms with E-state index in [9.17, 15) is 9.59 Å². The summed E-state index contributed by atoms with van der Waals surface area (Å²) in [6.45, 7) is 7.95. The van der Waals surface area contributed by atoms with Gasteiger partial charge < -0.3 is 9.72 Å². The van der Waals surface area contributed by atoms with Crippen molar-refractivity contribution in [2.45, 2.75) is 46.6 Å². The van der Waals surface area contributed by atoms with E-state index < -0.39 is 0 Å². The van der Waals surface area contributed by atoms with Crippen molar-refractivity contribution in [3.05, 3.63) is 62.5 Å². The zero-order valence-corrected chi connectivity index (χ0v) is 16.9. The van der Waals surface area contributed by atoms with Crippen LogP contribution < -0.4 is 5.56 Å². The molecule has 0 saturated carbocycles. The largest absolute Gasteiger partial charge is 0.457 e. The molecule has 0 spiro atoms. The van der Waals surface area contributed by atoms with E-state index in [0.717, 1.165) is 22.4 Å². The molecule has 2 atom stereocenters. The van der Waals surface area contributed by atoms with Gasteiger partial charge in [0.1, 0.15) is 17.3 Å². The van der Waals surface area contributed by atoms with E-state index in [0.29, 0.717) is 16.0 Å². The maximum Gasteiger partial charge on any atom is 0.314 e. The van der Waals surface area contributed by atoms with Gasteiger partial charge in [0.05, 0.1) is 11.3 Å². The Morgan fingerprint density at radius 3 is 2.63 bits per heavy atom. The van der Waals surface area contributed by atoms with E-state index in [2.05, 4.69) is 16.9 Å². The van der Waals surface area contributed by atoms with Crippen molar-refractivity contribution in [2.75, 3.05) is 0 Å². The number of carbonyl (C=O) groups excluding carboxylic acids is 1. The molecule has 3 rings (SSSR count). The fraction of sp³-hybridized carbons (Fsp3) is 0.381. The van der Waals surface area contributed by atoms with Crippen LogP contribution in [-0.2, 0) is 16.1 Å². The number of fused-ring (bicyclic) bond motifs is 1. The number of nitrogens with one attached hydrogen (secondary N) is 1. The number of aromatic nitrogens is 2. The first kappa shape index (κ1) is 19.3. The number of ether oxygens (including phenoxy) is 1. The minimum absolute atomic E-state index is 0.0419. The fourth-order valence-corrected chi connectivity index (χ4v) is 4.24. The first-order valence-electron chi connectivity index (χ1n) is 9.12. The maximum absolute atomic E-state index is 12.8. The van der Waals surface area contributed by atoms with Crippen molar-refractivity contribution in [3.8, 4) is 0 Å². The molecule has 0 aliphatic carbocycles. The summed E-state index contributed by atoms with van der Waals surface area (Å²) >= 11 is 1.48. The van der Waals surface area contributed by atoms with Crippen molar-refractivity contribution >= 4 is 27.5 Å². The number of aromatic amines is 1. The molecule has 2 heterocycles. The molecule has 27 heavy (non-hydrogen) atoms. The van der Waals surface area contributed by atoms with Crippen LogP contribution in [0.4, 0.5) is 0 Å². The van der Waals surface area contributed by atoms with Gasteiger partial charge in [-0.25, -0.2) is 4.98 Å². The predicted molar refractivity (Wildman–Crippen MR) is 108 cm³/mol. The highest BCUT2D eigenvalue weighted by molar-refractivity contribution is 7.18. The monoisotopic (exact) mass is 384 g/mol. The molecule has 5 nitrogen and oxygen atoms in total. The van der Waals surface area contributed by atoms with E-state index >= 15 is 0 Å². The minimum atomic E-state index is -0.335. The smallest absolute Gasteiger partial charge is 0.314 e. The molecule has 1 aromatic carbocycles. The molecule has 6 heteroatoms. The normalized spacial score (nSPS) is 13.5. The number of hydrogen-bond donors (Lipinski definition) is 1. The van der Waals surface area contributed by atoms with Crippen molar-refractivity contribution in [3.63, 3.8) is 0 Å². The lowest BCUT2D eigenvalue weighted by molar-refractivity contribution is -0.148. The van der Waals surface area contributed by atoms with E-state index in [1.807, 2.05) is 51.1 Å². The third-order valence-electron chi connectivity index (χ3n) is 5.06. The third kappa shape index (κ3) is 3.95. The maximum atomic E-state index is 12.8. The van der Waals surface area contributed by atoms with Gasteiger partial charge in [-0.3, -0.25) is 9.59 Å². The standard InChI is InChI=1S/C21H24N2O3S/c1-5-12(2)17(15-9-7-6-8-10-15)21(25)26-11-16-22-19(24)18-13(3)14(4)27-20(18)23-16/h6-10,12,17H,5,11H2,1-4H3,(H,22,23,24). The van der Waals surface area contributed by atoms with Crippen LogP contribution >= 0.6 is 11.3 Å². The summed E-state index contributed by atoms with van der Waals surface area (Å²) in [4.78, 5) is 34.1. The van der Waals surface area contributed by atoms with Crippen LogP contribution in [0.5, 0.6) is 0 Å². The zero-order chi connectivity index (χ0) is 19.6. The van der Waals surface area contributed by atoms with Crippen LogP contribution in [0.1, 0.15) is 48.0 Å². The molecule has 0 saturated heterocycles. The molecular formula is C21H24N2O3S. The number of aryl methyl sites for hydroxylation is 2. The van der Waals surface area contributed by atoms with Crippen LogP contribution in [-0.4, -0.2) is 15.9 Å². The summed E-state index contributed by atoms with van der Waals surface area (Å²) in [5.41, 5.74) is 1.71. The number of rotatable bonds is 6. The molecule has 3 aromatic rings. The van der Waals surface area contributed by atoms with Crippen molar-refractivity contribution in [1.82, 2.24) is 9.97 Å². The number of carbonyl (C=O) groups is 1. The van der Waals surface area contributed by atoms with Gasteiger partial charge >= 0.3 is 5.97 Å². The molecule has 0 fully saturated rings. The van der Waals surface area contributed by atoms with Crippen LogP contribution in [0.3, 0.4) is 0 Å². The molecule has 0 amide bonds. The Bertz CT molecular complexity index is 1010. The Hall–Kier alpha value is -2.47. The third-order valence-corrected chi connectivity index (χ3v) is 6.17. The van der Waals surface area contributed by atoms with E-state index in [1.165, 1.54) is 11.3 Å². The van der Waals surface area contributed by atoms with Gasteiger partial charge in [-0.05, 0) is 30.9 Å². The highest BCUT2D eigenvalue weighted by Gasteiger charge is 2.27. The number of esters is 1. The molecule has 0 aliphatic rings. The van der Waals surface area contributed by atoms with Gasteiger partial charge in [-0.1, -0.05) is 50.6 Å². The van der Waals surface area contributed by atoms with Crippen LogP contribution in [0, 0.1) is 19.8 Å². The van der Waals surface area contributed by atoms with Crippen molar-refractivity contribution in [1.29, 1.82) is 0 Å². The summed E-state index contributed by atoms with van der Waals surface area (Å²) in [5.74, 6) is -0.107. The zero-order valence-electron chi connectivity index (χ0n) is 16.0. The second kappa shape index (κ2) is 8.05. The van der Waals surface area contributed by atoms with E-state index in [4.69, 9.17) is 4.74 Å². The molecular weight excluding hydrogens is 360 g/mol. The van der Waals surface area contributed by atoms with Gasteiger partial charge in [0.15, 0.2) is 0 Å². The average molecular weight is 385 g/mol. The fourth-order valence-electron chi connectivity index (χ4n) is 3.19. The molecule has 0 aliphatic heterocycles. The molecule has 2 unspecified atom stereocenters. The Morgan fingerprint density at radius 2 is 1.96 bits per heavy atom. The number of thiophene rings is 1. The van der Waals surface area contributed by atoms with Gasteiger partial charge in [0, 0.05) is 4.88 Å². The molecule has 2 aromatic heterocycles. The summed E-state index contributed by atoms with van der Waals surface area (Å²) in [7, 11) is 0. The summed E-state index contributed by atoms with van der Waals surface area (Å²) in [6.07, 6.45) is 0.865. The minimum Gasteiger partial charge on any atom is -0.457 e. The quantitative estimate of drug-likeness (QED) is 0.636. The van der Waals surface area contributed by atoms with Gasteiger partial charge in [-0.2, -0.15) is 0 Å². The first-order valence-corrected chi connectivity index (χ1v) is 9.94. The average Bonchev–Trinajstić information content (AvgIpc) is 2.95. The summed E-state index contributed by atoms with van der Waals surface area (Å²) < 4.78 is 5.54. The molecule has 0 bridgehead atoms. The SMILES string of the molecule is CCC(C)C(C(=O)OCc1nc2sc(C)c(C)c2c(=O)[nH]1)c1ccccc1. The second-order valence-electron chi connectivity index (χ2n) is 6.86. The second-order valence-corrected chi connectivity index (χ2v) is 8.06. The number of H-pyrrole nitrogens is 1. The highest BCUT2D eigenvalue weighted by Crippen LogP contribution is 2.29. The van der Waals surface area contributed by atoms with Crippen LogP contribution in [0.15, 0.2) is 35.1 Å². The Balaban J connectivity index is 1.81. The van der Waals surface area contributed by atoms with Crippen molar-refractivity contribution in [2.24, 2.45) is 5.92 Å². The van der Waals surface area contributed by atoms with E-state index in [1.54, 1.807) is 0 Å². The first-order chi connectivity index (χ1) is 12.9. The summed E-state index contributed by atoms with van der Waals surface area (Å²) in [6, 6.07) is 9.67. The topological polar surface area (TPSA) is 72.0 Å². The van der Waals surface area contributed by atoms with E-state index in [-0.39, 0.29) is 30.0 Å². The van der Waals surface area contributed by atoms with Gasteiger partial charge in [-0.15, -0.1) is 11.3 Å². The summed E-state index contributed by atoms with van der Waals surface area (Å²) in [5, 5.41) is 0.620. The Labute approximate surface area is 162 Å². The lowest BCUT2D eigenvalue weighted by Crippen LogP contribution is -2.23. The Morgan fingerprint density at radius 1 is 1.26 bits per heavy atom. The predicted octanol–water partition coefficient (Wildman–Crippen LogP) is 4.47. The van der Waals surface area contributed by atoms with Crippen LogP contribution in [0.2, 0.25) is 0 Å².